The summed E-state index contributed by atoms with van der Waals surface area (Å²) in [5, 5.41) is 7.47. The number of aromatic nitrogens is 3. The molecule has 3 rings (SSSR count). The third-order valence-electron chi connectivity index (χ3n) is 3.23. The number of hydrogen-bond donors (Lipinski definition) is 1. The van der Waals surface area contributed by atoms with Gasteiger partial charge in [0.25, 0.3) is 0 Å². The molecule has 6 nitrogen and oxygen atoms in total. The quantitative estimate of drug-likeness (QED) is 0.733. The van der Waals surface area contributed by atoms with Gasteiger partial charge in [-0.3, -0.25) is 0 Å². The summed E-state index contributed by atoms with van der Waals surface area (Å²) in [5.41, 5.74) is 1.75. The molecule has 0 saturated carbocycles. The molecular weight excluding hydrogens is 299 g/mol. The van der Waals surface area contributed by atoms with Gasteiger partial charge in [-0.15, -0.1) is 5.10 Å². The zero-order valence-corrected chi connectivity index (χ0v) is 12.5. The highest BCUT2D eigenvalue weighted by Crippen LogP contribution is 2.12. The van der Waals surface area contributed by atoms with Crippen LogP contribution in [0.1, 0.15) is 23.0 Å². The zero-order chi connectivity index (χ0) is 16.2. The van der Waals surface area contributed by atoms with E-state index >= 15 is 0 Å². The van der Waals surface area contributed by atoms with Gasteiger partial charge in [0.05, 0.1) is 12.8 Å². The lowest BCUT2D eigenvalue weighted by Crippen LogP contribution is -2.11. The fourth-order valence-electron chi connectivity index (χ4n) is 2.11. The maximum absolute atomic E-state index is 12.9. The highest BCUT2D eigenvalue weighted by molar-refractivity contribution is 5.88. The Morgan fingerprint density at radius 1 is 1.26 bits per heavy atom. The summed E-state index contributed by atoms with van der Waals surface area (Å²) in [5.74, 6) is -0.167. The number of ether oxygens (including phenoxy) is 1. The van der Waals surface area contributed by atoms with Gasteiger partial charge in [0.15, 0.2) is 11.3 Å². The molecule has 3 aromatic rings. The van der Waals surface area contributed by atoms with Gasteiger partial charge < -0.3 is 10.1 Å². The summed E-state index contributed by atoms with van der Waals surface area (Å²) in [6.45, 7) is 2.51. The minimum atomic E-state index is -0.469. The van der Waals surface area contributed by atoms with Crippen molar-refractivity contribution in [3.05, 3.63) is 59.7 Å². The van der Waals surface area contributed by atoms with E-state index in [1.54, 1.807) is 31.2 Å². The molecule has 0 atom stereocenters. The van der Waals surface area contributed by atoms with Crippen LogP contribution in [0.4, 0.5) is 10.2 Å². The van der Waals surface area contributed by atoms with Crippen molar-refractivity contribution in [3.8, 4) is 0 Å². The lowest BCUT2D eigenvalue weighted by Gasteiger charge is -2.07. The molecule has 0 amide bonds. The molecule has 118 valence electrons. The number of carbonyl (C=O) groups excluding carboxylic acids is 1. The third-order valence-corrected chi connectivity index (χ3v) is 3.23. The van der Waals surface area contributed by atoms with Crippen LogP contribution >= 0.6 is 0 Å². The number of fused-ring (bicyclic) bond motifs is 1. The van der Waals surface area contributed by atoms with Gasteiger partial charge in [-0.2, -0.15) is 0 Å². The van der Waals surface area contributed by atoms with Gasteiger partial charge in [0.1, 0.15) is 11.6 Å². The first-order valence-electron chi connectivity index (χ1n) is 7.17. The number of nitrogens with zero attached hydrogens (tertiary/aromatic N) is 3. The number of nitrogens with one attached hydrogen (secondary N) is 1. The Bertz CT molecular complexity index is 830. The van der Waals surface area contributed by atoms with Crippen molar-refractivity contribution in [1.29, 1.82) is 0 Å². The van der Waals surface area contributed by atoms with Crippen LogP contribution in [-0.4, -0.2) is 27.2 Å². The summed E-state index contributed by atoms with van der Waals surface area (Å²) in [6, 6.07) is 9.72. The van der Waals surface area contributed by atoms with Crippen LogP contribution in [0.25, 0.3) is 5.65 Å². The summed E-state index contributed by atoms with van der Waals surface area (Å²) < 4.78 is 19.3. The summed E-state index contributed by atoms with van der Waals surface area (Å²) >= 11 is 0. The van der Waals surface area contributed by atoms with E-state index in [9.17, 15) is 9.18 Å². The van der Waals surface area contributed by atoms with Crippen molar-refractivity contribution in [3.63, 3.8) is 0 Å². The summed E-state index contributed by atoms with van der Waals surface area (Å²) in [7, 11) is 0. The standard InChI is InChI=1S/C16H15FN4O2/c1-2-23-16(22)13-10-19-15-8-7-14(20-21(13)15)18-9-11-3-5-12(17)6-4-11/h3-8,10H,2,9H2,1H3,(H,18,20). The highest BCUT2D eigenvalue weighted by Gasteiger charge is 2.14. The van der Waals surface area contributed by atoms with E-state index < -0.39 is 5.97 Å². The van der Waals surface area contributed by atoms with Gasteiger partial charge in [-0.25, -0.2) is 18.7 Å². The molecular formula is C16H15FN4O2. The van der Waals surface area contributed by atoms with Gasteiger partial charge in [-0.1, -0.05) is 12.1 Å². The minimum absolute atomic E-state index is 0.271. The van der Waals surface area contributed by atoms with Crippen LogP contribution in [0.3, 0.4) is 0 Å². The number of carbonyl (C=O) groups is 1. The molecule has 2 aromatic heterocycles. The van der Waals surface area contributed by atoms with Crippen molar-refractivity contribution in [2.75, 3.05) is 11.9 Å². The number of hydrogen-bond acceptors (Lipinski definition) is 5. The number of imidazole rings is 1. The summed E-state index contributed by atoms with van der Waals surface area (Å²) in [4.78, 5) is 16.0. The first-order valence-corrected chi connectivity index (χ1v) is 7.17. The molecule has 0 fully saturated rings. The summed E-state index contributed by atoms with van der Waals surface area (Å²) in [6.07, 6.45) is 1.43. The van der Waals surface area contributed by atoms with Gasteiger partial charge in [0, 0.05) is 6.54 Å². The normalized spacial score (nSPS) is 10.7. The predicted molar refractivity (Wildman–Crippen MR) is 82.7 cm³/mol. The Kier molecular flexibility index (Phi) is 4.18. The number of benzene rings is 1. The van der Waals surface area contributed by atoms with E-state index in [1.807, 2.05) is 0 Å². The molecule has 0 aliphatic carbocycles. The molecule has 0 unspecified atom stereocenters. The largest absolute Gasteiger partial charge is 0.461 e. The average Bonchev–Trinajstić information content (AvgIpc) is 2.98. The van der Waals surface area contributed by atoms with E-state index in [2.05, 4.69) is 15.4 Å². The maximum Gasteiger partial charge on any atom is 0.358 e. The van der Waals surface area contributed by atoms with Gasteiger partial charge in [-0.05, 0) is 36.8 Å². The van der Waals surface area contributed by atoms with Crippen LogP contribution in [0.2, 0.25) is 0 Å². The second-order valence-electron chi connectivity index (χ2n) is 4.83. The molecule has 0 saturated heterocycles. The monoisotopic (exact) mass is 314 g/mol. The van der Waals surface area contributed by atoms with Crippen molar-refractivity contribution >= 4 is 17.4 Å². The number of anilines is 1. The first-order chi connectivity index (χ1) is 11.2. The lowest BCUT2D eigenvalue weighted by atomic mass is 10.2. The van der Waals surface area contributed by atoms with Crippen LogP contribution in [0.5, 0.6) is 0 Å². The topological polar surface area (TPSA) is 68.5 Å². The Morgan fingerprint density at radius 3 is 2.78 bits per heavy atom. The Labute approximate surface area is 131 Å². The maximum atomic E-state index is 12.9. The van der Waals surface area contributed by atoms with E-state index in [4.69, 9.17) is 4.74 Å². The molecule has 7 heteroatoms. The van der Waals surface area contributed by atoms with E-state index in [-0.39, 0.29) is 18.1 Å². The fraction of sp³-hybridized carbons (Fsp3) is 0.188. The third kappa shape index (κ3) is 3.28. The number of rotatable bonds is 5. The second kappa shape index (κ2) is 6.43. The predicted octanol–water partition coefficient (Wildman–Crippen LogP) is 2.66. The SMILES string of the molecule is CCOC(=O)c1cnc2ccc(NCc3ccc(F)cc3)nn12. The molecule has 1 aromatic carbocycles. The Balaban J connectivity index is 1.80. The van der Waals surface area contributed by atoms with E-state index in [0.29, 0.717) is 18.0 Å². The molecule has 2 heterocycles. The van der Waals surface area contributed by atoms with E-state index in [1.165, 1.54) is 22.8 Å². The van der Waals surface area contributed by atoms with Gasteiger partial charge >= 0.3 is 5.97 Å². The van der Waals surface area contributed by atoms with Crippen molar-refractivity contribution < 1.29 is 13.9 Å². The fourth-order valence-corrected chi connectivity index (χ4v) is 2.11. The molecule has 23 heavy (non-hydrogen) atoms. The smallest absolute Gasteiger partial charge is 0.358 e. The molecule has 0 spiro atoms. The molecule has 0 aliphatic heterocycles. The van der Waals surface area contributed by atoms with Crippen molar-refractivity contribution in [1.82, 2.24) is 14.6 Å². The van der Waals surface area contributed by atoms with Crippen LogP contribution in [0.15, 0.2) is 42.6 Å². The van der Waals surface area contributed by atoms with Crippen molar-refractivity contribution in [2.45, 2.75) is 13.5 Å². The second-order valence-corrected chi connectivity index (χ2v) is 4.83. The van der Waals surface area contributed by atoms with Crippen LogP contribution < -0.4 is 5.32 Å². The average molecular weight is 314 g/mol. The van der Waals surface area contributed by atoms with E-state index in [0.717, 1.165) is 5.56 Å². The molecule has 0 aliphatic rings. The molecule has 1 N–H and O–H groups in total. The highest BCUT2D eigenvalue weighted by atomic mass is 19.1. The minimum Gasteiger partial charge on any atom is -0.461 e. The number of esters is 1. The zero-order valence-electron chi connectivity index (χ0n) is 12.5. The first kappa shape index (κ1) is 15.0. The number of halogens is 1. The van der Waals surface area contributed by atoms with Gasteiger partial charge in [0.2, 0.25) is 0 Å². The van der Waals surface area contributed by atoms with Crippen molar-refractivity contribution in [2.24, 2.45) is 0 Å². The van der Waals surface area contributed by atoms with Crippen LogP contribution in [-0.2, 0) is 11.3 Å². The Hall–Kier alpha value is -2.96. The Morgan fingerprint density at radius 2 is 2.04 bits per heavy atom. The van der Waals surface area contributed by atoms with Crippen LogP contribution in [0, 0.1) is 5.82 Å². The molecule has 0 bridgehead atoms. The molecule has 0 radical (unpaired) electrons. The lowest BCUT2D eigenvalue weighted by molar-refractivity contribution is 0.0517.